The van der Waals surface area contributed by atoms with Crippen LogP contribution in [0, 0.1) is 9.39 Å². The Morgan fingerprint density at radius 3 is 2.74 bits per heavy atom. The van der Waals surface area contributed by atoms with Gasteiger partial charge in [-0.2, -0.15) is 0 Å². The van der Waals surface area contributed by atoms with Crippen LogP contribution in [0.25, 0.3) is 10.9 Å². The minimum Gasteiger partial charge on any atom is -0.360 e. The highest BCUT2D eigenvalue weighted by molar-refractivity contribution is 14.1. The highest BCUT2D eigenvalue weighted by Gasteiger charge is 2.16. The molecule has 94 valence electrons. The highest BCUT2D eigenvalue weighted by atomic mass is 127. The van der Waals surface area contributed by atoms with E-state index in [1.165, 1.54) is 6.07 Å². The van der Waals surface area contributed by atoms with Gasteiger partial charge in [0.2, 0.25) is 0 Å². The van der Waals surface area contributed by atoms with E-state index in [-0.39, 0.29) is 11.6 Å². The van der Waals surface area contributed by atoms with Crippen molar-refractivity contribution in [2.75, 3.05) is 0 Å². The molecule has 0 atom stereocenters. The van der Waals surface area contributed by atoms with Gasteiger partial charge in [-0.25, -0.2) is 4.39 Å². The number of nitrogens with one attached hydrogen (secondary N) is 1. The van der Waals surface area contributed by atoms with Crippen LogP contribution in [-0.4, -0.2) is 10.8 Å². The van der Waals surface area contributed by atoms with Gasteiger partial charge in [-0.05, 0) is 46.9 Å². The maximum absolute atomic E-state index is 13.9. The van der Waals surface area contributed by atoms with Crippen LogP contribution in [0.4, 0.5) is 4.39 Å². The topological polar surface area (TPSA) is 32.9 Å². The first-order chi connectivity index (χ1) is 9.16. The zero-order chi connectivity index (χ0) is 13.4. The zero-order valence-electron chi connectivity index (χ0n) is 9.78. The molecule has 1 heterocycles. The van der Waals surface area contributed by atoms with E-state index in [2.05, 4.69) is 27.6 Å². The van der Waals surface area contributed by atoms with Crippen molar-refractivity contribution in [3.63, 3.8) is 0 Å². The fourth-order valence-electron chi connectivity index (χ4n) is 2.10. The molecule has 0 saturated carbocycles. The van der Waals surface area contributed by atoms with Gasteiger partial charge < -0.3 is 4.98 Å². The summed E-state index contributed by atoms with van der Waals surface area (Å²) in [4.78, 5) is 15.4. The summed E-state index contributed by atoms with van der Waals surface area (Å²) in [6.45, 7) is 0. The van der Waals surface area contributed by atoms with Crippen LogP contribution in [0.3, 0.4) is 0 Å². The van der Waals surface area contributed by atoms with Gasteiger partial charge in [0.05, 0.1) is 5.56 Å². The molecule has 0 spiro atoms. The molecule has 2 aromatic carbocycles. The fourth-order valence-corrected chi connectivity index (χ4v) is 2.65. The van der Waals surface area contributed by atoms with Crippen molar-refractivity contribution < 1.29 is 9.18 Å². The Balaban J connectivity index is 2.17. The molecule has 3 rings (SSSR count). The van der Waals surface area contributed by atoms with Crippen molar-refractivity contribution in [3.05, 3.63) is 69.2 Å². The predicted molar refractivity (Wildman–Crippen MR) is 80.8 cm³/mol. The Morgan fingerprint density at radius 2 is 1.95 bits per heavy atom. The number of hydrogen-bond donors (Lipinski definition) is 1. The molecule has 1 aromatic heterocycles. The molecule has 0 aliphatic carbocycles. The molecule has 0 aliphatic rings. The molecule has 1 N–H and O–H groups in total. The highest BCUT2D eigenvalue weighted by Crippen LogP contribution is 2.24. The summed E-state index contributed by atoms with van der Waals surface area (Å²) in [5.74, 6) is -0.553. The average molecular weight is 365 g/mol. The normalized spacial score (nSPS) is 10.8. The third-order valence-corrected chi connectivity index (χ3v) is 3.66. The van der Waals surface area contributed by atoms with Crippen LogP contribution < -0.4 is 0 Å². The van der Waals surface area contributed by atoms with E-state index in [1.807, 2.05) is 12.1 Å². The number of carbonyl (C=O) groups excluding carboxylic acids is 1. The molecule has 4 heteroatoms. The molecule has 19 heavy (non-hydrogen) atoms. The van der Waals surface area contributed by atoms with Crippen molar-refractivity contribution in [2.45, 2.75) is 0 Å². The van der Waals surface area contributed by atoms with Crippen LogP contribution in [0.2, 0.25) is 0 Å². The van der Waals surface area contributed by atoms with Gasteiger partial charge in [0.15, 0.2) is 5.78 Å². The zero-order valence-corrected chi connectivity index (χ0v) is 11.9. The van der Waals surface area contributed by atoms with Gasteiger partial charge >= 0.3 is 0 Å². The molecule has 0 unspecified atom stereocenters. The van der Waals surface area contributed by atoms with E-state index in [9.17, 15) is 9.18 Å². The lowest BCUT2D eigenvalue weighted by atomic mass is 10.0. The van der Waals surface area contributed by atoms with E-state index in [4.69, 9.17) is 0 Å². The van der Waals surface area contributed by atoms with Crippen molar-refractivity contribution in [1.29, 1.82) is 0 Å². The van der Waals surface area contributed by atoms with Gasteiger partial charge in [-0.15, -0.1) is 0 Å². The van der Waals surface area contributed by atoms with Crippen LogP contribution in [0.5, 0.6) is 0 Å². The van der Waals surface area contributed by atoms with E-state index >= 15 is 0 Å². The summed E-state index contributed by atoms with van der Waals surface area (Å²) in [5, 5.41) is 0.353. The quantitative estimate of drug-likeness (QED) is 0.537. The molecule has 2 nitrogen and oxygen atoms in total. The number of fused-ring (bicyclic) bond motifs is 1. The second-order valence-electron chi connectivity index (χ2n) is 4.20. The maximum Gasteiger partial charge on any atom is 0.195 e. The van der Waals surface area contributed by atoms with Crippen LogP contribution in [0.1, 0.15) is 15.9 Å². The minimum absolute atomic E-state index is 0.171. The van der Waals surface area contributed by atoms with Crippen molar-refractivity contribution in [3.8, 4) is 0 Å². The number of hydrogen-bond acceptors (Lipinski definition) is 1. The van der Waals surface area contributed by atoms with E-state index < -0.39 is 0 Å². The van der Waals surface area contributed by atoms with Gasteiger partial charge in [-0.1, -0.05) is 18.2 Å². The fraction of sp³-hybridized carbons (Fsp3) is 0. The number of benzene rings is 2. The van der Waals surface area contributed by atoms with Gasteiger partial charge in [0.25, 0.3) is 0 Å². The number of H-pyrrole nitrogens is 1. The summed E-state index contributed by atoms with van der Waals surface area (Å²) in [5.41, 5.74) is 1.57. The van der Waals surface area contributed by atoms with Crippen LogP contribution in [-0.2, 0) is 0 Å². The largest absolute Gasteiger partial charge is 0.360 e. The Kier molecular flexibility index (Phi) is 3.10. The molecule has 0 amide bonds. The number of rotatable bonds is 2. The second-order valence-corrected chi connectivity index (χ2v) is 5.45. The summed E-state index contributed by atoms with van der Waals surface area (Å²) < 4.78 is 14.8. The Bertz CT molecular complexity index is 779. The average Bonchev–Trinajstić information content (AvgIpc) is 2.83. The molecule has 3 aromatic rings. The van der Waals surface area contributed by atoms with Gasteiger partial charge in [-0.3, -0.25) is 4.79 Å². The van der Waals surface area contributed by atoms with E-state index in [1.54, 1.807) is 30.5 Å². The Hall–Kier alpha value is -1.69. The van der Waals surface area contributed by atoms with Crippen molar-refractivity contribution in [2.24, 2.45) is 0 Å². The second kappa shape index (κ2) is 4.77. The molecule has 0 bridgehead atoms. The predicted octanol–water partition coefficient (Wildman–Crippen LogP) is 4.14. The van der Waals surface area contributed by atoms with Crippen LogP contribution >= 0.6 is 22.6 Å². The van der Waals surface area contributed by atoms with Crippen LogP contribution in [0.15, 0.2) is 48.7 Å². The third-order valence-electron chi connectivity index (χ3n) is 2.99. The molecule has 0 radical (unpaired) electrons. The standard InChI is InChI=1S/C15H9FINO/c16-12-5-2-6-13-14(12)11(8-18-13)15(19)9-3-1-4-10(17)7-9/h1-8,18H. The lowest BCUT2D eigenvalue weighted by Gasteiger charge is -2.01. The number of halogens is 2. The number of ketones is 1. The SMILES string of the molecule is O=C(c1cccc(I)c1)c1c[nH]c2cccc(F)c12. The van der Waals surface area contributed by atoms with Crippen molar-refractivity contribution >= 4 is 39.3 Å². The van der Waals surface area contributed by atoms with Crippen molar-refractivity contribution in [1.82, 2.24) is 4.98 Å². The minimum atomic E-state index is -0.382. The molecule has 0 aliphatic heterocycles. The summed E-state index contributed by atoms with van der Waals surface area (Å²) in [6.07, 6.45) is 1.57. The number of aromatic amines is 1. The monoisotopic (exact) mass is 365 g/mol. The molecular weight excluding hydrogens is 356 g/mol. The number of carbonyl (C=O) groups is 1. The summed E-state index contributed by atoms with van der Waals surface area (Å²) in [7, 11) is 0. The lowest BCUT2D eigenvalue weighted by Crippen LogP contribution is -2.01. The Labute approximate surface area is 122 Å². The third kappa shape index (κ3) is 2.16. The molecule has 0 saturated heterocycles. The van der Waals surface area contributed by atoms with E-state index in [0.717, 1.165) is 3.57 Å². The molecule has 0 fully saturated rings. The smallest absolute Gasteiger partial charge is 0.195 e. The Morgan fingerprint density at radius 1 is 1.16 bits per heavy atom. The first-order valence-electron chi connectivity index (χ1n) is 5.72. The first-order valence-corrected chi connectivity index (χ1v) is 6.80. The maximum atomic E-state index is 13.9. The summed E-state index contributed by atoms with van der Waals surface area (Å²) in [6, 6.07) is 12.0. The van der Waals surface area contributed by atoms with Gasteiger partial charge in [0.1, 0.15) is 5.82 Å². The summed E-state index contributed by atoms with van der Waals surface area (Å²) >= 11 is 2.15. The molecular formula is C15H9FINO. The number of aromatic nitrogens is 1. The first kappa shape index (κ1) is 12.3. The van der Waals surface area contributed by atoms with E-state index in [0.29, 0.717) is 22.0 Å². The lowest BCUT2D eigenvalue weighted by molar-refractivity contribution is 0.104. The van der Waals surface area contributed by atoms with Gasteiger partial charge in [0, 0.05) is 26.2 Å².